The van der Waals surface area contributed by atoms with E-state index in [1.54, 1.807) is 11.3 Å². The SMILES string of the molecule is CCNCc1nc(COCCC2CC2)cs1. The summed E-state index contributed by atoms with van der Waals surface area (Å²) >= 11 is 1.71. The van der Waals surface area contributed by atoms with Gasteiger partial charge in [-0.25, -0.2) is 4.98 Å². The van der Waals surface area contributed by atoms with Crippen LogP contribution in [0.25, 0.3) is 0 Å². The van der Waals surface area contributed by atoms with E-state index in [-0.39, 0.29) is 0 Å². The van der Waals surface area contributed by atoms with Crippen LogP contribution in [-0.4, -0.2) is 18.1 Å². The molecule has 1 saturated carbocycles. The van der Waals surface area contributed by atoms with E-state index in [0.717, 1.165) is 36.3 Å². The largest absolute Gasteiger partial charge is 0.375 e. The fourth-order valence-electron chi connectivity index (χ4n) is 1.56. The van der Waals surface area contributed by atoms with Crippen molar-refractivity contribution in [1.29, 1.82) is 0 Å². The second-order valence-electron chi connectivity index (χ2n) is 4.30. The Morgan fingerprint density at radius 3 is 3.19 bits per heavy atom. The van der Waals surface area contributed by atoms with Crippen molar-refractivity contribution in [2.24, 2.45) is 5.92 Å². The topological polar surface area (TPSA) is 34.2 Å². The summed E-state index contributed by atoms with van der Waals surface area (Å²) in [4.78, 5) is 4.51. The highest BCUT2D eigenvalue weighted by atomic mass is 32.1. The smallest absolute Gasteiger partial charge is 0.107 e. The fraction of sp³-hybridized carbons (Fsp3) is 0.750. The van der Waals surface area contributed by atoms with E-state index in [9.17, 15) is 0 Å². The van der Waals surface area contributed by atoms with Gasteiger partial charge in [0.15, 0.2) is 0 Å². The Morgan fingerprint density at radius 1 is 1.56 bits per heavy atom. The normalized spacial score (nSPS) is 15.6. The summed E-state index contributed by atoms with van der Waals surface area (Å²) in [6, 6.07) is 0. The average Bonchev–Trinajstić information content (AvgIpc) is 3.01. The van der Waals surface area contributed by atoms with Gasteiger partial charge in [-0.15, -0.1) is 11.3 Å². The van der Waals surface area contributed by atoms with Crippen LogP contribution in [0.15, 0.2) is 5.38 Å². The van der Waals surface area contributed by atoms with Crippen molar-refractivity contribution >= 4 is 11.3 Å². The lowest BCUT2D eigenvalue weighted by Crippen LogP contribution is -2.11. The van der Waals surface area contributed by atoms with Gasteiger partial charge < -0.3 is 10.1 Å². The van der Waals surface area contributed by atoms with Crippen LogP contribution in [0.2, 0.25) is 0 Å². The number of nitrogens with one attached hydrogen (secondary N) is 1. The van der Waals surface area contributed by atoms with Crippen molar-refractivity contribution in [3.05, 3.63) is 16.1 Å². The molecule has 90 valence electrons. The first-order valence-corrected chi connectivity index (χ1v) is 6.98. The molecule has 3 nitrogen and oxygen atoms in total. The lowest BCUT2D eigenvalue weighted by molar-refractivity contribution is 0.113. The minimum atomic E-state index is 0.676. The van der Waals surface area contributed by atoms with Gasteiger partial charge in [0.2, 0.25) is 0 Å². The molecule has 16 heavy (non-hydrogen) atoms. The Kier molecular flexibility index (Phi) is 4.75. The van der Waals surface area contributed by atoms with Gasteiger partial charge >= 0.3 is 0 Å². The average molecular weight is 240 g/mol. The molecule has 1 N–H and O–H groups in total. The monoisotopic (exact) mass is 240 g/mol. The zero-order valence-corrected chi connectivity index (χ0v) is 10.7. The predicted octanol–water partition coefficient (Wildman–Crippen LogP) is 2.57. The third kappa shape index (κ3) is 4.20. The van der Waals surface area contributed by atoms with Gasteiger partial charge in [0.25, 0.3) is 0 Å². The van der Waals surface area contributed by atoms with Gasteiger partial charge in [-0.3, -0.25) is 0 Å². The van der Waals surface area contributed by atoms with E-state index in [1.807, 2.05) is 0 Å². The number of ether oxygens (including phenoxy) is 1. The van der Waals surface area contributed by atoms with Crippen LogP contribution in [0.3, 0.4) is 0 Å². The fourth-order valence-corrected chi connectivity index (χ4v) is 2.31. The molecule has 0 aromatic carbocycles. The van der Waals surface area contributed by atoms with E-state index in [0.29, 0.717) is 6.61 Å². The summed E-state index contributed by atoms with van der Waals surface area (Å²) in [7, 11) is 0. The van der Waals surface area contributed by atoms with E-state index in [4.69, 9.17) is 4.74 Å². The van der Waals surface area contributed by atoms with E-state index in [2.05, 4.69) is 22.6 Å². The summed E-state index contributed by atoms with van der Waals surface area (Å²) in [5.74, 6) is 0.958. The second kappa shape index (κ2) is 6.33. The van der Waals surface area contributed by atoms with Gasteiger partial charge in [0, 0.05) is 18.5 Å². The molecule has 2 rings (SSSR count). The van der Waals surface area contributed by atoms with Crippen molar-refractivity contribution in [2.75, 3.05) is 13.2 Å². The Labute approximate surface area is 101 Å². The third-order valence-corrected chi connectivity index (χ3v) is 3.64. The molecule has 1 aromatic heterocycles. The van der Waals surface area contributed by atoms with Crippen LogP contribution in [0.5, 0.6) is 0 Å². The minimum absolute atomic E-state index is 0.676. The molecule has 1 fully saturated rings. The zero-order chi connectivity index (χ0) is 11.2. The molecule has 0 saturated heterocycles. The predicted molar refractivity (Wildman–Crippen MR) is 66.5 cm³/mol. The molecule has 0 radical (unpaired) electrons. The first kappa shape index (κ1) is 12.0. The molecular weight excluding hydrogens is 220 g/mol. The van der Waals surface area contributed by atoms with Crippen molar-refractivity contribution in [1.82, 2.24) is 10.3 Å². The maximum Gasteiger partial charge on any atom is 0.107 e. The maximum absolute atomic E-state index is 5.61. The molecule has 1 aliphatic rings. The molecular formula is C12H20N2OS. The number of thiazole rings is 1. The Bertz CT molecular complexity index is 310. The lowest BCUT2D eigenvalue weighted by Gasteiger charge is -2.00. The van der Waals surface area contributed by atoms with Crippen LogP contribution in [0, 0.1) is 5.92 Å². The number of aromatic nitrogens is 1. The van der Waals surface area contributed by atoms with Crippen LogP contribution in [0.4, 0.5) is 0 Å². The van der Waals surface area contributed by atoms with Crippen molar-refractivity contribution < 1.29 is 4.74 Å². The summed E-state index contributed by atoms with van der Waals surface area (Å²) in [5, 5.41) is 6.53. The molecule has 0 aliphatic heterocycles. The molecule has 0 unspecified atom stereocenters. The molecule has 4 heteroatoms. The van der Waals surface area contributed by atoms with E-state index >= 15 is 0 Å². The van der Waals surface area contributed by atoms with Crippen LogP contribution >= 0.6 is 11.3 Å². The van der Waals surface area contributed by atoms with Crippen molar-refractivity contribution in [3.8, 4) is 0 Å². The number of hydrogen-bond acceptors (Lipinski definition) is 4. The summed E-state index contributed by atoms with van der Waals surface area (Å²) in [6.45, 7) is 5.55. The highest BCUT2D eigenvalue weighted by molar-refractivity contribution is 7.09. The van der Waals surface area contributed by atoms with Crippen molar-refractivity contribution in [3.63, 3.8) is 0 Å². The van der Waals surface area contributed by atoms with Gasteiger partial charge in [-0.2, -0.15) is 0 Å². The van der Waals surface area contributed by atoms with Gasteiger partial charge in [0.05, 0.1) is 12.3 Å². The summed E-state index contributed by atoms with van der Waals surface area (Å²) in [6.07, 6.45) is 4.05. The summed E-state index contributed by atoms with van der Waals surface area (Å²) in [5.41, 5.74) is 1.08. The highest BCUT2D eigenvalue weighted by Gasteiger charge is 2.20. The van der Waals surface area contributed by atoms with E-state index < -0.39 is 0 Å². The molecule has 0 bridgehead atoms. The maximum atomic E-state index is 5.61. The molecule has 1 heterocycles. The first-order chi connectivity index (χ1) is 7.88. The van der Waals surface area contributed by atoms with Gasteiger partial charge in [0.1, 0.15) is 5.01 Å². The molecule has 0 atom stereocenters. The standard InChI is InChI=1S/C12H20N2OS/c1-2-13-7-12-14-11(9-16-12)8-15-6-5-10-3-4-10/h9-10,13H,2-8H2,1H3. The first-order valence-electron chi connectivity index (χ1n) is 6.10. The molecule has 0 amide bonds. The third-order valence-electron chi connectivity index (χ3n) is 2.74. The number of hydrogen-bond donors (Lipinski definition) is 1. The molecule has 1 aromatic rings. The Hall–Kier alpha value is -0.450. The zero-order valence-electron chi connectivity index (χ0n) is 9.87. The van der Waals surface area contributed by atoms with Gasteiger partial charge in [-0.1, -0.05) is 19.8 Å². The van der Waals surface area contributed by atoms with Crippen molar-refractivity contribution in [2.45, 2.75) is 39.3 Å². The quantitative estimate of drug-likeness (QED) is 0.709. The second-order valence-corrected chi connectivity index (χ2v) is 5.24. The Balaban J connectivity index is 1.61. The minimum Gasteiger partial charge on any atom is -0.375 e. The highest BCUT2D eigenvalue weighted by Crippen LogP contribution is 2.32. The number of rotatable bonds is 8. The van der Waals surface area contributed by atoms with Gasteiger partial charge in [-0.05, 0) is 18.9 Å². The Morgan fingerprint density at radius 2 is 2.44 bits per heavy atom. The molecule has 0 spiro atoms. The van der Waals surface area contributed by atoms with Crippen LogP contribution in [-0.2, 0) is 17.9 Å². The lowest BCUT2D eigenvalue weighted by atomic mass is 10.3. The van der Waals surface area contributed by atoms with Crippen LogP contribution in [0.1, 0.15) is 36.9 Å². The summed E-state index contributed by atoms with van der Waals surface area (Å²) < 4.78 is 5.61. The molecule has 1 aliphatic carbocycles. The number of nitrogens with zero attached hydrogens (tertiary/aromatic N) is 1. The van der Waals surface area contributed by atoms with Crippen LogP contribution < -0.4 is 5.32 Å². The van der Waals surface area contributed by atoms with E-state index in [1.165, 1.54) is 19.3 Å².